The van der Waals surface area contributed by atoms with E-state index in [2.05, 4.69) is 43.0 Å². The van der Waals surface area contributed by atoms with Crippen molar-refractivity contribution in [2.45, 2.75) is 132 Å². The van der Waals surface area contributed by atoms with E-state index in [4.69, 9.17) is 24.2 Å². The summed E-state index contributed by atoms with van der Waals surface area (Å²) in [6, 6.07) is 16.1. The summed E-state index contributed by atoms with van der Waals surface area (Å²) in [4.78, 5) is 23.7. The quantitative estimate of drug-likeness (QED) is 0.0555. The molecule has 0 bridgehead atoms. The molecule has 1 heterocycles. The van der Waals surface area contributed by atoms with Gasteiger partial charge < -0.3 is 34.2 Å². The Morgan fingerprint density at radius 2 is 1.78 bits per heavy atom. The van der Waals surface area contributed by atoms with Gasteiger partial charge in [0.05, 0.1) is 24.8 Å². The molecule has 0 spiro atoms. The Kier molecular flexibility index (Phi) is 15.9. The number of ether oxygens (including phenoxy) is 3. The predicted octanol–water partition coefficient (Wildman–Crippen LogP) is 9.72. The maximum atomic E-state index is 14.3. The van der Waals surface area contributed by atoms with Crippen molar-refractivity contribution in [3.63, 3.8) is 0 Å². The summed E-state index contributed by atoms with van der Waals surface area (Å²) in [5, 5.41) is 24.7. The van der Waals surface area contributed by atoms with Crippen LogP contribution in [0.15, 0.2) is 82.9 Å². The zero-order valence-corrected chi connectivity index (χ0v) is 36.2. The van der Waals surface area contributed by atoms with Gasteiger partial charge in [-0.25, -0.2) is 0 Å². The van der Waals surface area contributed by atoms with Crippen LogP contribution in [0.4, 0.5) is 0 Å². The van der Waals surface area contributed by atoms with E-state index in [1.165, 1.54) is 30.6 Å². The first-order valence-corrected chi connectivity index (χ1v) is 22.9. The third-order valence-electron chi connectivity index (χ3n) is 12.5. The molecule has 9 nitrogen and oxygen atoms in total. The third kappa shape index (κ3) is 10.7. The van der Waals surface area contributed by atoms with Gasteiger partial charge in [-0.1, -0.05) is 74.0 Å². The maximum Gasteiger partial charge on any atom is 0.239 e. The average molecular weight is 817 g/mol. The van der Waals surface area contributed by atoms with Gasteiger partial charge >= 0.3 is 0 Å². The number of nitrogens with zero attached hydrogens (tertiary/aromatic N) is 2. The zero-order chi connectivity index (χ0) is 41.1. The van der Waals surface area contributed by atoms with E-state index < -0.39 is 17.4 Å². The molecule has 4 aliphatic rings. The summed E-state index contributed by atoms with van der Waals surface area (Å²) in [7, 11) is 1.91. The van der Waals surface area contributed by atoms with Crippen molar-refractivity contribution in [2.75, 3.05) is 39.2 Å². The second-order valence-electron chi connectivity index (χ2n) is 17.7. The molecule has 6 rings (SSSR count). The van der Waals surface area contributed by atoms with E-state index >= 15 is 0 Å². The number of carbonyl (C=O) groups excluding carboxylic acids is 1. The van der Waals surface area contributed by atoms with E-state index in [0.29, 0.717) is 31.8 Å². The lowest BCUT2D eigenvalue weighted by molar-refractivity contribution is -0.255. The summed E-state index contributed by atoms with van der Waals surface area (Å²) in [5.74, 6) is 1.68. The van der Waals surface area contributed by atoms with Crippen molar-refractivity contribution in [3.8, 4) is 11.5 Å². The fraction of sp³-hybridized carbons (Fsp3) is 0.625. The molecule has 0 saturated heterocycles. The molecule has 6 unspecified atom stereocenters. The Morgan fingerprint density at radius 1 is 1.03 bits per heavy atom. The molecular weight excluding hydrogens is 749 g/mol. The minimum atomic E-state index is -1.24. The number of aliphatic hydroxyl groups is 2. The number of unbranched alkanes of at least 4 members (excludes halogenated alkanes) is 2. The summed E-state index contributed by atoms with van der Waals surface area (Å²) in [5.41, 5.74) is 2.41. The molecule has 2 saturated carbocycles. The standard InChI is InChI=1S/C48H68N2O7S/c1-6-28-55-48-43(50(5)44(53)25-22-34-16-10-11-17-34)33-41(49-57-47(2,3)4)39-31-35(18-12-14-26-51)38(21-13-15-27-52)45(46(39)48)40-32-36(23-24-42(40)56-48)54-29-30-58-37-19-8-7-9-20-37/h6-9,19-20,23-24,31-32,34-35,38,43,45-46,51-52H,1,10-18,21-22,25-30,33H2,2-5H3. The summed E-state index contributed by atoms with van der Waals surface area (Å²) < 4.78 is 20.8. The molecular formula is C48H68N2O7S. The van der Waals surface area contributed by atoms with E-state index in [1.807, 2.05) is 50.9 Å². The number of thioether (sulfide) groups is 1. The molecule has 2 N–H and O–H groups in total. The number of allylic oxidation sites excluding steroid dienone is 1. The number of hydrogen-bond donors (Lipinski definition) is 2. The molecule has 1 aliphatic heterocycles. The number of carbonyl (C=O) groups is 1. The molecule has 0 aromatic heterocycles. The minimum absolute atomic E-state index is 0.0849. The first-order valence-electron chi connectivity index (χ1n) is 21.9. The molecule has 2 aromatic rings. The molecule has 0 radical (unpaired) electrons. The summed E-state index contributed by atoms with van der Waals surface area (Å²) in [6.45, 7) is 11.1. The summed E-state index contributed by atoms with van der Waals surface area (Å²) >= 11 is 1.77. The molecule has 6 atom stereocenters. The van der Waals surface area contributed by atoms with Gasteiger partial charge in [-0.3, -0.25) is 4.79 Å². The smallest absolute Gasteiger partial charge is 0.239 e. The topological polar surface area (TPSA) is 110 Å². The van der Waals surface area contributed by atoms with Gasteiger partial charge in [0.25, 0.3) is 0 Å². The normalized spacial score (nSPS) is 26.0. The number of oxime groups is 1. The Bertz CT molecular complexity index is 1700. The van der Waals surface area contributed by atoms with Gasteiger partial charge in [-0.2, -0.15) is 0 Å². The molecule has 3 aliphatic carbocycles. The molecule has 58 heavy (non-hydrogen) atoms. The Balaban J connectivity index is 1.46. The Hall–Kier alpha value is -3.31. The van der Waals surface area contributed by atoms with Gasteiger partial charge in [-0.05, 0) is 107 Å². The molecule has 318 valence electrons. The first kappa shape index (κ1) is 44.2. The van der Waals surface area contributed by atoms with Gasteiger partial charge in [-0.15, -0.1) is 18.3 Å². The Morgan fingerprint density at radius 3 is 2.48 bits per heavy atom. The monoisotopic (exact) mass is 816 g/mol. The fourth-order valence-electron chi connectivity index (χ4n) is 9.82. The highest BCUT2D eigenvalue weighted by Crippen LogP contribution is 2.62. The van der Waals surface area contributed by atoms with E-state index in [9.17, 15) is 15.0 Å². The van der Waals surface area contributed by atoms with E-state index in [0.717, 1.165) is 72.6 Å². The fourth-order valence-corrected chi connectivity index (χ4v) is 10.6. The van der Waals surface area contributed by atoms with E-state index in [1.54, 1.807) is 17.8 Å². The number of aliphatic hydroxyl groups excluding tert-OH is 2. The van der Waals surface area contributed by atoms with Gasteiger partial charge in [0.15, 0.2) is 0 Å². The first-order chi connectivity index (χ1) is 28.1. The van der Waals surface area contributed by atoms with Crippen molar-refractivity contribution in [2.24, 2.45) is 28.8 Å². The highest BCUT2D eigenvalue weighted by atomic mass is 32.2. The number of likely N-dealkylation sites (N-methyl/N-ethyl adjacent to an activating group) is 1. The highest BCUT2D eigenvalue weighted by molar-refractivity contribution is 7.99. The lowest BCUT2D eigenvalue weighted by atomic mass is 9.55. The van der Waals surface area contributed by atoms with Crippen molar-refractivity contribution >= 4 is 23.4 Å². The van der Waals surface area contributed by atoms with Crippen LogP contribution in [0.5, 0.6) is 11.5 Å². The largest absolute Gasteiger partial charge is 0.493 e. The molecule has 1 amide bonds. The van der Waals surface area contributed by atoms with Crippen LogP contribution in [-0.4, -0.2) is 83.4 Å². The van der Waals surface area contributed by atoms with Gasteiger partial charge in [0.1, 0.15) is 23.1 Å². The SMILES string of the molecule is C=CCOC12Oc3ccc(OCCSc4ccccc4)cc3C3C(CCCCO)C(CCCCO)C=C(C(=NOC(C)(C)C)CC1N(C)C(=O)CCC1CCCC1)C32. The minimum Gasteiger partial charge on any atom is -0.493 e. The third-order valence-corrected chi connectivity index (χ3v) is 13.5. The lowest BCUT2D eigenvalue weighted by Crippen LogP contribution is -2.69. The number of benzene rings is 2. The van der Waals surface area contributed by atoms with Crippen molar-refractivity contribution in [1.82, 2.24) is 4.90 Å². The van der Waals surface area contributed by atoms with Crippen LogP contribution in [0.1, 0.15) is 116 Å². The molecule has 10 heteroatoms. The van der Waals surface area contributed by atoms with Crippen LogP contribution in [0, 0.1) is 23.7 Å². The van der Waals surface area contributed by atoms with Crippen molar-refractivity contribution in [1.29, 1.82) is 0 Å². The zero-order valence-electron chi connectivity index (χ0n) is 35.4. The number of rotatable bonds is 21. The second-order valence-corrected chi connectivity index (χ2v) is 18.8. The van der Waals surface area contributed by atoms with Gasteiger partial charge in [0, 0.05) is 55.2 Å². The van der Waals surface area contributed by atoms with Crippen molar-refractivity contribution in [3.05, 3.63) is 78.4 Å². The average Bonchev–Trinajstić information content (AvgIpc) is 3.75. The number of amides is 1. The highest BCUT2D eigenvalue weighted by Gasteiger charge is 2.65. The van der Waals surface area contributed by atoms with Gasteiger partial charge in [0.2, 0.25) is 11.7 Å². The number of fused-ring (bicyclic) bond motifs is 2. The van der Waals surface area contributed by atoms with Crippen LogP contribution < -0.4 is 9.47 Å². The Labute approximate surface area is 351 Å². The van der Waals surface area contributed by atoms with Crippen LogP contribution >= 0.6 is 11.8 Å². The second kappa shape index (κ2) is 20.8. The summed E-state index contributed by atoms with van der Waals surface area (Å²) in [6.07, 6.45) is 15.8. The molecule has 2 aromatic carbocycles. The van der Waals surface area contributed by atoms with E-state index in [-0.39, 0.29) is 49.4 Å². The van der Waals surface area contributed by atoms with Crippen LogP contribution in [0.2, 0.25) is 0 Å². The molecule has 2 fully saturated rings. The van der Waals surface area contributed by atoms with Crippen molar-refractivity contribution < 1.29 is 34.1 Å². The lowest BCUT2D eigenvalue weighted by Gasteiger charge is -2.59. The van der Waals surface area contributed by atoms with Crippen LogP contribution in [0.25, 0.3) is 0 Å². The van der Waals surface area contributed by atoms with Crippen LogP contribution in [-0.2, 0) is 14.4 Å². The van der Waals surface area contributed by atoms with Crippen LogP contribution in [0.3, 0.4) is 0 Å². The number of hydrogen-bond acceptors (Lipinski definition) is 9. The maximum absolute atomic E-state index is 14.3. The predicted molar refractivity (Wildman–Crippen MR) is 232 cm³/mol.